The third-order valence-corrected chi connectivity index (χ3v) is 4.19. The zero-order valence-corrected chi connectivity index (χ0v) is 12.0. The molecule has 1 unspecified atom stereocenters. The van der Waals surface area contributed by atoms with Crippen molar-refractivity contribution >= 4 is 27.3 Å². The average molecular weight is 370 g/mol. The van der Waals surface area contributed by atoms with Crippen LogP contribution in [0.4, 0.5) is 26.3 Å². The van der Waals surface area contributed by atoms with Gasteiger partial charge in [0.05, 0.1) is 6.04 Å². The topological polar surface area (TPSA) is 12.0 Å². The lowest BCUT2D eigenvalue weighted by Gasteiger charge is -2.31. The number of thiophene rings is 1. The number of hydrogen-bond donors (Lipinski definition) is 1. The summed E-state index contributed by atoms with van der Waals surface area (Å²) in [4.78, 5) is 0. The van der Waals surface area contributed by atoms with Crippen molar-refractivity contribution in [2.45, 2.75) is 25.3 Å². The van der Waals surface area contributed by atoms with Gasteiger partial charge < -0.3 is 5.32 Å². The molecule has 0 radical (unpaired) electrons. The van der Waals surface area contributed by atoms with E-state index in [4.69, 9.17) is 0 Å². The van der Waals surface area contributed by atoms with E-state index in [1.807, 2.05) is 0 Å². The highest BCUT2D eigenvalue weighted by Gasteiger charge is 2.60. The predicted molar refractivity (Wildman–Crippen MR) is 64.0 cm³/mol. The Balaban J connectivity index is 3.25. The van der Waals surface area contributed by atoms with Gasteiger partial charge in [-0.3, -0.25) is 0 Å². The highest BCUT2D eigenvalue weighted by molar-refractivity contribution is 9.10. The third kappa shape index (κ3) is 4.09. The van der Waals surface area contributed by atoms with Crippen LogP contribution in [0.25, 0.3) is 0 Å². The lowest BCUT2D eigenvalue weighted by atomic mass is 9.93. The Morgan fingerprint density at radius 3 is 2.00 bits per heavy atom. The van der Waals surface area contributed by atoms with Crippen LogP contribution in [0, 0.1) is 5.92 Å². The van der Waals surface area contributed by atoms with Gasteiger partial charge in [-0.1, -0.05) is 6.92 Å². The van der Waals surface area contributed by atoms with Crippen LogP contribution in [-0.4, -0.2) is 18.9 Å². The van der Waals surface area contributed by atoms with Crippen LogP contribution in [-0.2, 0) is 0 Å². The molecule has 1 nitrogen and oxygen atoms in total. The number of alkyl halides is 6. The summed E-state index contributed by atoms with van der Waals surface area (Å²) in [6.07, 6.45) is -10.7. The molecule has 0 aliphatic heterocycles. The summed E-state index contributed by atoms with van der Waals surface area (Å²) in [5.74, 6) is -3.44. The molecule has 1 aromatic rings. The van der Waals surface area contributed by atoms with Crippen molar-refractivity contribution in [3.05, 3.63) is 20.8 Å². The maximum absolute atomic E-state index is 12.7. The molecule has 0 aliphatic carbocycles. The summed E-state index contributed by atoms with van der Waals surface area (Å²) >= 11 is 4.01. The highest BCUT2D eigenvalue weighted by atomic mass is 79.9. The summed E-state index contributed by atoms with van der Waals surface area (Å²) in [6, 6.07) is -1.86. The lowest BCUT2D eigenvalue weighted by molar-refractivity contribution is -0.292. The molecule has 0 saturated heterocycles. The second-order valence-electron chi connectivity index (χ2n) is 3.77. The third-order valence-electron chi connectivity index (χ3n) is 2.44. The molecule has 0 saturated carbocycles. The van der Waals surface area contributed by atoms with E-state index in [1.165, 1.54) is 17.7 Å². The van der Waals surface area contributed by atoms with Gasteiger partial charge in [0.15, 0.2) is 5.92 Å². The Kier molecular flexibility index (Phi) is 5.30. The van der Waals surface area contributed by atoms with E-state index in [9.17, 15) is 26.3 Å². The minimum absolute atomic E-state index is 0.00435. The fraction of sp³-hybridized carbons (Fsp3) is 0.600. The first-order chi connectivity index (χ1) is 8.59. The molecule has 1 rings (SSSR count). The van der Waals surface area contributed by atoms with Crippen molar-refractivity contribution in [1.29, 1.82) is 0 Å². The molecule has 0 bridgehead atoms. The highest BCUT2D eigenvalue weighted by Crippen LogP contribution is 2.48. The van der Waals surface area contributed by atoms with Crippen molar-refractivity contribution in [2.75, 3.05) is 6.54 Å². The first-order valence-corrected chi connectivity index (χ1v) is 6.91. The maximum atomic E-state index is 12.7. The smallest absolute Gasteiger partial charge is 0.309 e. The molecule has 1 aromatic heterocycles. The molecule has 9 heteroatoms. The maximum Gasteiger partial charge on any atom is 0.402 e. The van der Waals surface area contributed by atoms with E-state index in [0.29, 0.717) is 0 Å². The Morgan fingerprint density at radius 2 is 1.68 bits per heavy atom. The second kappa shape index (κ2) is 6.01. The first-order valence-electron chi connectivity index (χ1n) is 5.17. The summed E-state index contributed by atoms with van der Waals surface area (Å²) in [5.41, 5.74) is -0.0356. The van der Waals surface area contributed by atoms with Gasteiger partial charge in [0.25, 0.3) is 0 Å². The number of nitrogens with one attached hydrogen (secondary N) is 1. The van der Waals surface area contributed by atoms with Crippen molar-refractivity contribution < 1.29 is 26.3 Å². The molecule has 1 N–H and O–H groups in total. The number of rotatable bonds is 4. The Hall–Kier alpha value is -0.280. The molecule has 0 aliphatic rings. The van der Waals surface area contributed by atoms with Gasteiger partial charge in [-0.05, 0) is 33.4 Å². The van der Waals surface area contributed by atoms with Crippen molar-refractivity contribution in [2.24, 2.45) is 5.92 Å². The van der Waals surface area contributed by atoms with Crippen LogP contribution >= 0.6 is 27.3 Å². The summed E-state index contributed by atoms with van der Waals surface area (Å²) < 4.78 is 76.7. The van der Waals surface area contributed by atoms with Gasteiger partial charge in [-0.15, -0.1) is 0 Å². The van der Waals surface area contributed by atoms with Gasteiger partial charge in [-0.2, -0.15) is 37.7 Å². The minimum atomic E-state index is -5.37. The zero-order valence-electron chi connectivity index (χ0n) is 9.57. The molecule has 0 fully saturated rings. The molecule has 19 heavy (non-hydrogen) atoms. The van der Waals surface area contributed by atoms with Crippen molar-refractivity contribution in [3.63, 3.8) is 0 Å². The van der Waals surface area contributed by atoms with Gasteiger partial charge in [0.1, 0.15) is 0 Å². The monoisotopic (exact) mass is 369 g/mol. The standard InChI is InChI=1S/C10H10BrF6NS/c1-2-18-7(5-3-19-4-6(5)11)8(9(12,13)14)10(15,16)17/h3-4,7-8,18H,2H2,1H3. The van der Waals surface area contributed by atoms with Crippen LogP contribution < -0.4 is 5.32 Å². The average Bonchev–Trinajstić information content (AvgIpc) is 2.59. The fourth-order valence-corrected chi connectivity index (χ4v) is 3.28. The van der Waals surface area contributed by atoms with E-state index >= 15 is 0 Å². The second-order valence-corrected chi connectivity index (χ2v) is 5.37. The van der Waals surface area contributed by atoms with E-state index in [1.54, 1.807) is 0 Å². The largest absolute Gasteiger partial charge is 0.402 e. The van der Waals surface area contributed by atoms with Crippen LogP contribution in [0.5, 0.6) is 0 Å². The normalized spacial score (nSPS) is 15.0. The lowest BCUT2D eigenvalue weighted by Crippen LogP contribution is -2.45. The SMILES string of the molecule is CCNC(c1cscc1Br)C(C(F)(F)F)C(F)(F)F. The zero-order chi connectivity index (χ0) is 14.8. The fourth-order valence-electron chi connectivity index (χ4n) is 1.70. The summed E-state index contributed by atoms with van der Waals surface area (Å²) in [5, 5.41) is 5.00. The Bertz CT molecular complexity index is 399. The quantitative estimate of drug-likeness (QED) is 0.744. The Morgan fingerprint density at radius 1 is 1.16 bits per heavy atom. The van der Waals surface area contributed by atoms with Gasteiger partial charge in [0, 0.05) is 9.85 Å². The van der Waals surface area contributed by atoms with Crippen LogP contribution in [0.15, 0.2) is 15.2 Å². The summed E-state index contributed by atoms with van der Waals surface area (Å²) in [7, 11) is 0. The van der Waals surface area contributed by atoms with Gasteiger partial charge >= 0.3 is 12.4 Å². The molecule has 0 aromatic carbocycles. The van der Waals surface area contributed by atoms with Crippen LogP contribution in [0.3, 0.4) is 0 Å². The molecule has 1 heterocycles. The van der Waals surface area contributed by atoms with E-state index < -0.39 is 24.3 Å². The van der Waals surface area contributed by atoms with Crippen molar-refractivity contribution in [3.8, 4) is 0 Å². The van der Waals surface area contributed by atoms with Gasteiger partial charge in [0.2, 0.25) is 0 Å². The Labute approximate surface area is 118 Å². The molecular formula is C10H10BrF6NS. The van der Waals surface area contributed by atoms with Crippen LogP contribution in [0.2, 0.25) is 0 Å². The molecule has 110 valence electrons. The van der Waals surface area contributed by atoms with E-state index in [-0.39, 0.29) is 16.6 Å². The van der Waals surface area contributed by atoms with E-state index in [0.717, 1.165) is 11.3 Å². The van der Waals surface area contributed by atoms with Crippen LogP contribution in [0.1, 0.15) is 18.5 Å². The minimum Gasteiger partial charge on any atom is -0.309 e. The molecule has 1 atom stereocenters. The molecule has 0 spiro atoms. The molecule has 0 amide bonds. The first kappa shape index (κ1) is 16.8. The van der Waals surface area contributed by atoms with Crippen molar-refractivity contribution in [1.82, 2.24) is 5.32 Å². The summed E-state index contributed by atoms with van der Waals surface area (Å²) in [6.45, 7) is 1.45. The van der Waals surface area contributed by atoms with E-state index in [2.05, 4.69) is 21.2 Å². The number of hydrogen-bond acceptors (Lipinski definition) is 2. The van der Waals surface area contributed by atoms with Gasteiger partial charge in [-0.25, -0.2) is 0 Å². The number of halogens is 7. The predicted octanol–water partition coefficient (Wildman–Crippen LogP) is 4.90. The molecular weight excluding hydrogens is 360 g/mol.